The van der Waals surface area contributed by atoms with Crippen LogP contribution in [-0.4, -0.2) is 12.8 Å². The molecule has 1 aromatic rings. The van der Waals surface area contributed by atoms with E-state index in [1.807, 2.05) is 30.9 Å². The summed E-state index contributed by atoms with van der Waals surface area (Å²) in [6, 6.07) is 4.10. The molecule has 2 rings (SSSR count). The molecular formula is C11H13Cl2NS. The molecule has 1 aliphatic rings. The fourth-order valence-electron chi connectivity index (χ4n) is 1.91. The van der Waals surface area contributed by atoms with Crippen LogP contribution >= 0.6 is 35.0 Å². The van der Waals surface area contributed by atoms with Gasteiger partial charge >= 0.3 is 0 Å². The second-order valence-corrected chi connectivity index (χ2v) is 5.52. The summed E-state index contributed by atoms with van der Waals surface area (Å²) < 4.78 is 0. The van der Waals surface area contributed by atoms with E-state index in [1.165, 1.54) is 12.0 Å². The van der Waals surface area contributed by atoms with Crippen molar-refractivity contribution in [3.63, 3.8) is 0 Å². The lowest BCUT2D eigenvalue weighted by Gasteiger charge is -2.18. The first-order valence-electron chi connectivity index (χ1n) is 5.02. The molecule has 1 atom stereocenters. The molecule has 0 amide bonds. The van der Waals surface area contributed by atoms with E-state index in [9.17, 15) is 0 Å². The lowest BCUT2D eigenvalue weighted by molar-refractivity contribution is 0.541. The van der Waals surface area contributed by atoms with Gasteiger partial charge in [-0.3, -0.25) is 0 Å². The summed E-state index contributed by atoms with van der Waals surface area (Å²) >= 11 is 14.3. The van der Waals surface area contributed by atoms with Crippen LogP contribution in [0.5, 0.6) is 0 Å². The SMILES string of the molecule is CNC1CCCSc2c(Cl)ccc(Cl)c21. The van der Waals surface area contributed by atoms with Crippen molar-refractivity contribution in [2.24, 2.45) is 0 Å². The molecule has 0 spiro atoms. The van der Waals surface area contributed by atoms with Crippen LogP contribution in [0.2, 0.25) is 10.0 Å². The van der Waals surface area contributed by atoms with Crippen molar-refractivity contribution in [3.05, 3.63) is 27.7 Å². The highest BCUT2D eigenvalue weighted by atomic mass is 35.5. The van der Waals surface area contributed by atoms with Crippen molar-refractivity contribution in [2.75, 3.05) is 12.8 Å². The summed E-state index contributed by atoms with van der Waals surface area (Å²) in [4.78, 5) is 1.15. The molecule has 4 heteroatoms. The molecule has 1 nitrogen and oxygen atoms in total. The van der Waals surface area contributed by atoms with Gasteiger partial charge in [-0.05, 0) is 37.8 Å². The zero-order valence-corrected chi connectivity index (χ0v) is 10.8. The van der Waals surface area contributed by atoms with Crippen molar-refractivity contribution in [2.45, 2.75) is 23.8 Å². The first kappa shape index (κ1) is 11.6. The third-order valence-electron chi connectivity index (χ3n) is 2.68. The van der Waals surface area contributed by atoms with Gasteiger partial charge in [-0.15, -0.1) is 11.8 Å². The van der Waals surface area contributed by atoms with E-state index in [4.69, 9.17) is 23.2 Å². The van der Waals surface area contributed by atoms with E-state index in [2.05, 4.69) is 5.32 Å². The minimum Gasteiger partial charge on any atom is -0.313 e. The smallest absolute Gasteiger partial charge is 0.0546 e. The molecular weight excluding hydrogens is 249 g/mol. The third kappa shape index (κ3) is 2.28. The summed E-state index contributed by atoms with van der Waals surface area (Å²) in [5.74, 6) is 1.12. The summed E-state index contributed by atoms with van der Waals surface area (Å²) in [6.45, 7) is 0. The van der Waals surface area contributed by atoms with Crippen molar-refractivity contribution in [3.8, 4) is 0 Å². The Morgan fingerprint density at radius 2 is 2.07 bits per heavy atom. The van der Waals surface area contributed by atoms with Gasteiger partial charge in [0.1, 0.15) is 0 Å². The maximum atomic E-state index is 6.25. The highest BCUT2D eigenvalue weighted by Gasteiger charge is 2.22. The van der Waals surface area contributed by atoms with Crippen LogP contribution in [0.25, 0.3) is 0 Å². The molecule has 0 aromatic heterocycles. The second-order valence-electron chi connectivity index (χ2n) is 3.60. The molecule has 0 bridgehead atoms. The lowest BCUT2D eigenvalue weighted by Crippen LogP contribution is -2.16. The summed E-state index contributed by atoms with van der Waals surface area (Å²) in [6.07, 6.45) is 2.31. The number of fused-ring (bicyclic) bond motifs is 1. The average Bonchev–Trinajstić information content (AvgIpc) is 2.46. The van der Waals surface area contributed by atoms with E-state index in [0.29, 0.717) is 6.04 Å². The first-order chi connectivity index (χ1) is 7.24. The van der Waals surface area contributed by atoms with Gasteiger partial charge in [-0.1, -0.05) is 23.2 Å². The molecule has 1 unspecified atom stereocenters. The Bertz CT molecular complexity index is 368. The number of halogens is 2. The Labute approximate surface area is 105 Å². The molecule has 1 heterocycles. The maximum Gasteiger partial charge on any atom is 0.0546 e. The summed E-state index contributed by atoms with van der Waals surface area (Å²) in [7, 11) is 1.97. The molecule has 0 radical (unpaired) electrons. The number of hydrogen-bond acceptors (Lipinski definition) is 2. The molecule has 0 fully saturated rings. The van der Waals surface area contributed by atoms with Gasteiger partial charge in [-0.25, -0.2) is 0 Å². The van der Waals surface area contributed by atoms with Gasteiger partial charge in [0.2, 0.25) is 0 Å². The largest absolute Gasteiger partial charge is 0.313 e. The quantitative estimate of drug-likeness (QED) is 0.816. The van der Waals surface area contributed by atoms with Crippen LogP contribution in [0, 0.1) is 0 Å². The van der Waals surface area contributed by atoms with Gasteiger partial charge in [0.15, 0.2) is 0 Å². The number of benzene rings is 1. The predicted octanol–water partition coefficient (Wildman–Crippen LogP) is 4.14. The molecule has 82 valence electrons. The molecule has 0 saturated carbocycles. The predicted molar refractivity (Wildman–Crippen MR) is 68.2 cm³/mol. The molecule has 15 heavy (non-hydrogen) atoms. The number of nitrogens with one attached hydrogen (secondary N) is 1. The first-order valence-corrected chi connectivity index (χ1v) is 6.76. The Morgan fingerprint density at radius 3 is 2.80 bits per heavy atom. The van der Waals surface area contributed by atoms with E-state index in [-0.39, 0.29) is 0 Å². The van der Waals surface area contributed by atoms with E-state index in [1.54, 1.807) is 0 Å². The second kappa shape index (κ2) is 4.96. The highest BCUT2D eigenvalue weighted by Crippen LogP contribution is 2.42. The topological polar surface area (TPSA) is 12.0 Å². The van der Waals surface area contributed by atoms with E-state index >= 15 is 0 Å². The Morgan fingerprint density at radius 1 is 1.33 bits per heavy atom. The molecule has 1 aromatic carbocycles. The van der Waals surface area contributed by atoms with E-state index in [0.717, 1.165) is 27.1 Å². The lowest BCUT2D eigenvalue weighted by atomic mass is 10.0. The van der Waals surface area contributed by atoms with Crippen LogP contribution in [0.3, 0.4) is 0 Å². The molecule has 0 aliphatic carbocycles. The number of thioether (sulfide) groups is 1. The van der Waals surface area contributed by atoms with Crippen molar-refractivity contribution < 1.29 is 0 Å². The fourth-order valence-corrected chi connectivity index (χ4v) is 3.72. The van der Waals surface area contributed by atoms with E-state index < -0.39 is 0 Å². The van der Waals surface area contributed by atoms with Crippen LogP contribution in [0.15, 0.2) is 17.0 Å². The Hall–Kier alpha value is 0.110. The number of hydrogen-bond donors (Lipinski definition) is 1. The van der Waals surface area contributed by atoms with Gasteiger partial charge in [-0.2, -0.15) is 0 Å². The highest BCUT2D eigenvalue weighted by molar-refractivity contribution is 7.99. The van der Waals surface area contributed by atoms with Crippen molar-refractivity contribution in [1.29, 1.82) is 0 Å². The Kier molecular flexibility index (Phi) is 3.83. The van der Waals surface area contributed by atoms with Gasteiger partial charge < -0.3 is 5.32 Å². The van der Waals surface area contributed by atoms with Gasteiger partial charge in [0.05, 0.1) is 5.02 Å². The van der Waals surface area contributed by atoms with Gasteiger partial charge in [0, 0.05) is 21.5 Å². The zero-order valence-electron chi connectivity index (χ0n) is 8.52. The molecule has 0 saturated heterocycles. The Balaban J connectivity index is 2.54. The average molecular weight is 262 g/mol. The van der Waals surface area contributed by atoms with Gasteiger partial charge in [0.25, 0.3) is 0 Å². The molecule has 1 N–H and O–H groups in total. The summed E-state index contributed by atoms with van der Waals surface area (Å²) in [5.41, 5.74) is 1.18. The standard InChI is InChI=1S/C11H13Cl2NS/c1-14-9-3-2-6-15-11-8(13)5-4-7(12)10(9)11/h4-5,9,14H,2-3,6H2,1H3. The number of rotatable bonds is 1. The minimum absolute atomic E-state index is 0.334. The fraction of sp³-hybridized carbons (Fsp3) is 0.455. The maximum absolute atomic E-state index is 6.25. The van der Waals surface area contributed by atoms with Crippen molar-refractivity contribution in [1.82, 2.24) is 5.32 Å². The van der Waals surface area contributed by atoms with Crippen molar-refractivity contribution >= 4 is 35.0 Å². The normalized spacial score (nSPS) is 20.9. The minimum atomic E-state index is 0.334. The zero-order chi connectivity index (χ0) is 10.8. The van der Waals surface area contributed by atoms with Crippen LogP contribution in [-0.2, 0) is 0 Å². The summed E-state index contributed by atoms with van der Waals surface area (Å²) in [5, 5.41) is 4.95. The van der Waals surface area contributed by atoms with Crippen LogP contribution in [0.1, 0.15) is 24.4 Å². The van der Waals surface area contributed by atoms with Crippen LogP contribution in [0.4, 0.5) is 0 Å². The molecule has 1 aliphatic heterocycles. The van der Waals surface area contributed by atoms with Crippen LogP contribution < -0.4 is 5.32 Å². The monoisotopic (exact) mass is 261 g/mol. The third-order valence-corrected chi connectivity index (χ3v) is 4.65.